The molecule has 1 amide bonds. The van der Waals surface area contributed by atoms with Gasteiger partial charge >= 0.3 is 0 Å². The third-order valence-corrected chi connectivity index (χ3v) is 10.3. The van der Waals surface area contributed by atoms with E-state index in [1.54, 1.807) is 20.2 Å². The molecule has 15 heteroatoms. The number of nitrogens with one attached hydrogen (secondary N) is 2. The fraction of sp³-hybridized carbons (Fsp3) is 0.559. The monoisotopic (exact) mass is 683 g/mol. The van der Waals surface area contributed by atoms with Crippen LogP contribution in [-0.2, 0) is 34.9 Å². The Kier molecular flexibility index (Phi) is 8.90. The first-order valence-electron chi connectivity index (χ1n) is 16.4. The Morgan fingerprint density at radius 1 is 1.08 bits per heavy atom. The van der Waals surface area contributed by atoms with E-state index < -0.39 is 83.1 Å². The van der Waals surface area contributed by atoms with Crippen molar-refractivity contribution in [1.82, 2.24) is 15.5 Å². The first kappa shape index (κ1) is 33.8. The van der Waals surface area contributed by atoms with Gasteiger partial charge in [-0.2, -0.15) is 0 Å². The van der Waals surface area contributed by atoms with Gasteiger partial charge in [-0.05, 0) is 20.0 Å². The van der Waals surface area contributed by atoms with Crippen molar-refractivity contribution in [2.75, 3.05) is 47.5 Å². The molecular formula is C34H41N3O12. The zero-order valence-corrected chi connectivity index (χ0v) is 27.7. The van der Waals surface area contributed by atoms with E-state index in [9.17, 15) is 29.7 Å². The number of aromatic hydroxyl groups is 2. The van der Waals surface area contributed by atoms with Crippen LogP contribution in [0.2, 0.25) is 0 Å². The largest absolute Gasteiger partial charge is 0.507 e. The maximum Gasteiger partial charge on any atom is 0.252 e. The van der Waals surface area contributed by atoms with E-state index in [1.807, 2.05) is 6.92 Å². The average molecular weight is 684 g/mol. The summed E-state index contributed by atoms with van der Waals surface area (Å²) in [5.74, 6) is -3.22. The molecular weight excluding hydrogens is 642 g/mol. The molecule has 5 N–H and O–H groups in total. The number of fused-ring (bicyclic) bond motifs is 6. The molecule has 49 heavy (non-hydrogen) atoms. The highest BCUT2D eigenvalue weighted by Gasteiger charge is 2.55. The highest BCUT2D eigenvalue weighted by atomic mass is 16.7. The van der Waals surface area contributed by atoms with Crippen LogP contribution in [0.25, 0.3) is 0 Å². The van der Waals surface area contributed by atoms with E-state index in [0.717, 1.165) is 0 Å². The van der Waals surface area contributed by atoms with Crippen LogP contribution >= 0.6 is 0 Å². The van der Waals surface area contributed by atoms with E-state index in [0.29, 0.717) is 26.1 Å². The number of hydrogen-bond acceptors (Lipinski definition) is 14. The molecule has 2 aromatic rings. The van der Waals surface area contributed by atoms with Crippen LogP contribution in [0.3, 0.4) is 0 Å². The summed E-state index contributed by atoms with van der Waals surface area (Å²) >= 11 is 0. The Bertz CT molecular complexity index is 1680. The number of phenolic OH excluding ortho intramolecular Hbond substituents is 2. The molecule has 2 aliphatic carbocycles. The molecule has 8 atom stereocenters. The third kappa shape index (κ3) is 5.40. The predicted molar refractivity (Wildman–Crippen MR) is 169 cm³/mol. The van der Waals surface area contributed by atoms with Gasteiger partial charge in [0.1, 0.15) is 29.0 Å². The molecule has 3 saturated heterocycles. The molecule has 2 aromatic carbocycles. The van der Waals surface area contributed by atoms with Crippen LogP contribution in [-0.4, -0.2) is 128 Å². The van der Waals surface area contributed by atoms with Crippen LogP contribution in [0.15, 0.2) is 18.2 Å². The molecule has 3 aliphatic heterocycles. The van der Waals surface area contributed by atoms with Gasteiger partial charge in [0, 0.05) is 68.7 Å². The minimum absolute atomic E-state index is 0.00630. The van der Waals surface area contributed by atoms with Gasteiger partial charge in [-0.1, -0.05) is 12.1 Å². The van der Waals surface area contributed by atoms with Crippen LogP contribution in [0.5, 0.6) is 17.2 Å². The maximum atomic E-state index is 14.0. The zero-order valence-electron chi connectivity index (χ0n) is 27.7. The van der Waals surface area contributed by atoms with Crippen molar-refractivity contribution in [3.05, 3.63) is 51.6 Å². The number of ether oxygens (including phenoxy) is 6. The topological polar surface area (TPSA) is 195 Å². The van der Waals surface area contributed by atoms with Crippen LogP contribution in [0, 0.1) is 0 Å². The summed E-state index contributed by atoms with van der Waals surface area (Å²) in [4.78, 5) is 43.5. The summed E-state index contributed by atoms with van der Waals surface area (Å²) in [5, 5.41) is 41.1. The molecule has 264 valence electrons. The van der Waals surface area contributed by atoms with Gasteiger partial charge in [-0.25, -0.2) is 0 Å². The highest BCUT2D eigenvalue weighted by Crippen LogP contribution is 2.53. The second-order valence-electron chi connectivity index (χ2n) is 13.1. The number of likely N-dealkylation sites (N-methyl/N-ethyl adjacent to an activating group) is 1. The number of rotatable bonds is 8. The number of ketones is 2. The van der Waals surface area contributed by atoms with Crippen LogP contribution < -0.4 is 15.4 Å². The Balaban J connectivity index is 1.29. The second kappa shape index (κ2) is 12.9. The van der Waals surface area contributed by atoms with E-state index in [4.69, 9.17) is 28.4 Å². The number of nitrogens with zero attached hydrogens (tertiary/aromatic N) is 1. The van der Waals surface area contributed by atoms with E-state index >= 15 is 0 Å². The molecule has 0 unspecified atom stereocenters. The molecule has 0 bridgehead atoms. The van der Waals surface area contributed by atoms with Crippen molar-refractivity contribution < 1.29 is 58.1 Å². The molecule has 3 fully saturated rings. The number of benzene rings is 2. The Hall–Kier alpha value is -3.67. The fourth-order valence-corrected chi connectivity index (χ4v) is 7.97. The minimum Gasteiger partial charge on any atom is -0.507 e. The van der Waals surface area contributed by atoms with Crippen molar-refractivity contribution in [2.24, 2.45) is 0 Å². The lowest BCUT2D eigenvalue weighted by molar-refractivity contribution is -0.256. The van der Waals surface area contributed by atoms with Gasteiger partial charge in [0.15, 0.2) is 24.6 Å². The lowest BCUT2D eigenvalue weighted by atomic mass is 9.72. The molecule has 0 spiro atoms. The van der Waals surface area contributed by atoms with Gasteiger partial charge in [0.05, 0.1) is 42.6 Å². The SMILES string of the molecule is CNCCNC(=O)[C@]1(O)Cc2c(O)c3c(c(O)c2[C@@H](O[C@@H]2C[C@H]4[C@H](O[C@@H]5[C@@H](OC)OCCN54)[C@H](C)O2)C1)C(=O)c1c(OC)cccc1C3=O. The lowest BCUT2D eigenvalue weighted by Crippen LogP contribution is -2.55. The van der Waals surface area contributed by atoms with Gasteiger partial charge in [0.25, 0.3) is 5.91 Å². The first-order chi connectivity index (χ1) is 23.5. The molecule has 0 aromatic heterocycles. The van der Waals surface area contributed by atoms with Crippen molar-refractivity contribution >= 4 is 17.5 Å². The number of amides is 1. The highest BCUT2D eigenvalue weighted by molar-refractivity contribution is 6.31. The summed E-state index contributed by atoms with van der Waals surface area (Å²) in [7, 11) is 4.63. The van der Waals surface area contributed by atoms with Gasteiger partial charge < -0.3 is 54.4 Å². The van der Waals surface area contributed by atoms with E-state index in [1.165, 1.54) is 19.2 Å². The number of carbonyl (C=O) groups is 3. The Morgan fingerprint density at radius 3 is 2.59 bits per heavy atom. The quantitative estimate of drug-likeness (QED) is 0.163. The molecule has 0 radical (unpaired) electrons. The molecule has 0 saturated carbocycles. The fourth-order valence-electron chi connectivity index (χ4n) is 7.97. The van der Waals surface area contributed by atoms with Crippen molar-refractivity contribution in [1.29, 1.82) is 0 Å². The van der Waals surface area contributed by atoms with E-state index in [2.05, 4.69) is 15.5 Å². The smallest absolute Gasteiger partial charge is 0.252 e. The molecule has 7 rings (SSSR count). The van der Waals surface area contributed by atoms with Gasteiger partial charge in [-0.15, -0.1) is 0 Å². The lowest BCUT2D eigenvalue weighted by Gasteiger charge is -2.43. The standard InChI is InChI=1S/C34H41N3O12/c1-15-30-18(37-10-11-46-32(45-4)31(37)49-30)12-21(47-15)48-20-14-34(43,33(42)36-9-8-35-2)13-17-23(20)29(41)25-24(27(17)39)26(38)16-6-5-7-19(44-3)22(16)28(25)40/h5-7,15,18,20-21,30-32,35,39,41,43H,8-14H2,1-4H3,(H,36,42)/t15-,18-,20-,21+,30+,31+,32-,34-/m0/s1. The summed E-state index contributed by atoms with van der Waals surface area (Å²) in [5.41, 5.74) is -3.07. The summed E-state index contributed by atoms with van der Waals surface area (Å²) in [6, 6.07) is 4.35. The van der Waals surface area contributed by atoms with Crippen molar-refractivity contribution in [3.63, 3.8) is 0 Å². The van der Waals surface area contributed by atoms with Gasteiger partial charge in [-0.3, -0.25) is 19.3 Å². The zero-order chi connectivity index (χ0) is 34.8. The summed E-state index contributed by atoms with van der Waals surface area (Å²) < 4.78 is 35.7. The molecule has 5 aliphatic rings. The van der Waals surface area contributed by atoms with E-state index in [-0.39, 0.29) is 53.1 Å². The third-order valence-electron chi connectivity index (χ3n) is 10.3. The van der Waals surface area contributed by atoms with Crippen LogP contribution in [0.1, 0.15) is 68.8 Å². The average Bonchev–Trinajstić information content (AvgIpc) is 3.47. The number of morpholine rings is 1. The predicted octanol–water partition coefficient (Wildman–Crippen LogP) is 0.486. The second-order valence-corrected chi connectivity index (χ2v) is 13.1. The number of hydrogen-bond donors (Lipinski definition) is 5. The minimum atomic E-state index is -2.12. The first-order valence-corrected chi connectivity index (χ1v) is 16.4. The van der Waals surface area contributed by atoms with Crippen LogP contribution in [0.4, 0.5) is 0 Å². The Labute approximate surface area is 282 Å². The normalized spacial score (nSPS) is 32.1. The van der Waals surface area contributed by atoms with Crippen molar-refractivity contribution in [2.45, 2.75) is 74.9 Å². The van der Waals surface area contributed by atoms with Crippen molar-refractivity contribution in [3.8, 4) is 17.2 Å². The Morgan fingerprint density at radius 2 is 1.86 bits per heavy atom. The number of methoxy groups -OCH3 is 2. The van der Waals surface area contributed by atoms with Gasteiger partial charge in [0.2, 0.25) is 5.78 Å². The number of aliphatic hydroxyl groups is 1. The molecule has 3 heterocycles. The number of carbonyl (C=O) groups excluding carboxylic acids is 3. The maximum absolute atomic E-state index is 14.0. The molecule has 15 nitrogen and oxygen atoms in total. The number of phenols is 2. The summed E-state index contributed by atoms with van der Waals surface area (Å²) in [6.45, 7) is 3.52. The summed E-state index contributed by atoms with van der Waals surface area (Å²) in [6.07, 6.45) is -4.44.